The van der Waals surface area contributed by atoms with Gasteiger partial charge in [-0.1, -0.05) is 11.6 Å². The fraction of sp³-hybridized carbons (Fsp3) is 0.438. The Morgan fingerprint density at radius 3 is 3.00 bits per heavy atom. The molecule has 1 aromatic carbocycles. The molecule has 2 heterocycles. The van der Waals surface area contributed by atoms with Gasteiger partial charge in [-0.2, -0.15) is 11.8 Å². The molecule has 0 spiro atoms. The molecule has 2 unspecified atom stereocenters. The van der Waals surface area contributed by atoms with E-state index in [0.717, 1.165) is 41.0 Å². The zero-order valence-corrected chi connectivity index (χ0v) is 13.7. The summed E-state index contributed by atoms with van der Waals surface area (Å²) in [7, 11) is 1.65. The number of methoxy groups -OCH3 is 1. The molecule has 1 aliphatic rings. The highest BCUT2D eigenvalue weighted by molar-refractivity contribution is 7.99. The Bertz CT molecular complexity index is 649. The van der Waals surface area contributed by atoms with Crippen molar-refractivity contribution in [3.05, 3.63) is 35.0 Å². The van der Waals surface area contributed by atoms with Gasteiger partial charge >= 0.3 is 0 Å². The average Bonchev–Trinajstić information content (AvgIpc) is 2.90. The SMILES string of the molecule is COc1ccc2cc(CSC3CCOC3C)c(Cl)nc2c1. The minimum atomic E-state index is 0.325. The van der Waals surface area contributed by atoms with Gasteiger partial charge in [0, 0.05) is 34.6 Å². The number of aromatic nitrogens is 1. The zero-order valence-electron chi connectivity index (χ0n) is 12.1. The second-order valence-corrected chi connectivity index (χ2v) is 6.80. The number of fused-ring (bicyclic) bond motifs is 1. The molecule has 0 aliphatic carbocycles. The summed E-state index contributed by atoms with van der Waals surface area (Å²) in [6.45, 7) is 3.00. The average molecular weight is 324 g/mol. The summed E-state index contributed by atoms with van der Waals surface area (Å²) in [5.41, 5.74) is 1.95. The van der Waals surface area contributed by atoms with E-state index in [-0.39, 0.29) is 0 Å². The smallest absolute Gasteiger partial charge is 0.133 e. The monoisotopic (exact) mass is 323 g/mol. The lowest BCUT2D eigenvalue weighted by Crippen LogP contribution is -2.13. The maximum absolute atomic E-state index is 6.32. The molecule has 1 aliphatic heterocycles. The molecule has 3 rings (SSSR count). The molecule has 21 heavy (non-hydrogen) atoms. The molecule has 5 heteroatoms. The molecule has 0 saturated carbocycles. The highest BCUT2D eigenvalue weighted by atomic mass is 35.5. The minimum Gasteiger partial charge on any atom is -0.497 e. The fourth-order valence-corrected chi connectivity index (χ4v) is 4.04. The van der Waals surface area contributed by atoms with Crippen LogP contribution in [-0.4, -0.2) is 30.1 Å². The van der Waals surface area contributed by atoms with Gasteiger partial charge < -0.3 is 9.47 Å². The largest absolute Gasteiger partial charge is 0.497 e. The number of hydrogen-bond acceptors (Lipinski definition) is 4. The third-order valence-electron chi connectivity index (χ3n) is 3.81. The van der Waals surface area contributed by atoms with Gasteiger partial charge in [0.15, 0.2) is 0 Å². The molecule has 0 bridgehead atoms. The molecule has 1 fully saturated rings. The number of hydrogen-bond donors (Lipinski definition) is 0. The summed E-state index contributed by atoms with van der Waals surface area (Å²) in [5.74, 6) is 1.66. The van der Waals surface area contributed by atoms with E-state index in [1.165, 1.54) is 0 Å². The Labute approximate surface area is 134 Å². The lowest BCUT2D eigenvalue weighted by molar-refractivity contribution is 0.127. The van der Waals surface area contributed by atoms with Gasteiger partial charge in [0.05, 0.1) is 18.7 Å². The molecule has 0 N–H and O–H groups in total. The first-order chi connectivity index (χ1) is 10.2. The lowest BCUT2D eigenvalue weighted by atomic mass is 10.1. The van der Waals surface area contributed by atoms with E-state index in [2.05, 4.69) is 18.0 Å². The zero-order chi connectivity index (χ0) is 14.8. The first kappa shape index (κ1) is 14.9. The number of benzene rings is 1. The summed E-state index contributed by atoms with van der Waals surface area (Å²) in [6, 6.07) is 8.00. The van der Waals surface area contributed by atoms with Crippen LogP contribution in [0.25, 0.3) is 10.9 Å². The highest BCUT2D eigenvalue weighted by Gasteiger charge is 2.24. The molecular formula is C16H18ClNO2S. The Morgan fingerprint density at radius 2 is 2.29 bits per heavy atom. The van der Waals surface area contributed by atoms with E-state index >= 15 is 0 Å². The predicted octanol–water partition coefficient (Wildman–Crippen LogP) is 4.31. The van der Waals surface area contributed by atoms with Crippen molar-refractivity contribution in [2.75, 3.05) is 13.7 Å². The molecule has 1 aromatic heterocycles. The second kappa shape index (κ2) is 6.42. The third kappa shape index (κ3) is 3.28. The number of pyridine rings is 1. The van der Waals surface area contributed by atoms with Crippen molar-refractivity contribution >= 4 is 34.3 Å². The van der Waals surface area contributed by atoms with Crippen LogP contribution in [0, 0.1) is 0 Å². The van der Waals surface area contributed by atoms with Gasteiger partial charge in [0.1, 0.15) is 10.9 Å². The summed E-state index contributed by atoms with van der Waals surface area (Å²) >= 11 is 8.23. The maximum Gasteiger partial charge on any atom is 0.133 e. The van der Waals surface area contributed by atoms with E-state index in [4.69, 9.17) is 21.1 Å². The van der Waals surface area contributed by atoms with E-state index in [9.17, 15) is 0 Å². The lowest BCUT2D eigenvalue weighted by Gasteiger charge is -2.14. The van der Waals surface area contributed by atoms with E-state index in [1.54, 1.807) is 7.11 Å². The molecule has 2 atom stereocenters. The van der Waals surface area contributed by atoms with Crippen molar-refractivity contribution in [3.8, 4) is 5.75 Å². The molecule has 112 valence electrons. The van der Waals surface area contributed by atoms with Crippen LogP contribution >= 0.6 is 23.4 Å². The Morgan fingerprint density at radius 1 is 1.43 bits per heavy atom. The van der Waals surface area contributed by atoms with Gasteiger partial charge in [-0.25, -0.2) is 4.98 Å². The van der Waals surface area contributed by atoms with E-state index < -0.39 is 0 Å². The van der Waals surface area contributed by atoms with Gasteiger partial charge in [0.2, 0.25) is 0 Å². The normalized spacial score (nSPS) is 21.9. The third-order valence-corrected chi connectivity index (χ3v) is 5.66. The van der Waals surface area contributed by atoms with Gasteiger partial charge in [-0.3, -0.25) is 0 Å². The van der Waals surface area contributed by atoms with Crippen LogP contribution in [0.2, 0.25) is 5.15 Å². The van der Waals surface area contributed by atoms with Crippen LogP contribution in [0.1, 0.15) is 18.9 Å². The second-order valence-electron chi connectivity index (χ2n) is 5.21. The molecule has 0 amide bonds. The highest BCUT2D eigenvalue weighted by Crippen LogP contribution is 2.32. The topological polar surface area (TPSA) is 31.4 Å². The number of ether oxygens (including phenoxy) is 2. The van der Waals surface area contributed by atoms with Crippen molar-refractivity contribution in [2.24, 2.45) is 0 Å². The van der Waals surface area contributed by atoms with Crippen LogP contribution in [0.5, 0.6) is 5.75 Å². The predicted molar refractivity (Wildman–Crippen MR) is 88.4 cm³/mol. The van der Waals surface area contributed by atoms with Crippen molar-refractivity contribution < 1.29 is 9.47 Å². The summed E-state index contributed by atoms with van der Waals surface area (Å²) < 4.78 is 10.8. The molecule has 1 saturated heterocycles. The molecule has 2 aromatic rings. The van der Waals surface area contributed by atoms with Crippen molar-refractivity contribution in [1.29, 1.82) is 0 Å². The summed E-state index contributed by atoms with van der Waals surface area (Å²) in [4.78, 5) is 4.49. The quantitative estimate of drug-likeness (QED) is 0.785. The van der Waals surface area contributed by atoms with Crippen molar-refractivity contribution in [2.45, 2.75) is 30.5 Å². The van der Waals surface area contributed by atoms with Crippen LogP contribution < -0.4 is 4.74 Å². The summed E-state index contributed by atoms with van der Waals surface area (Å²) in [5, 5.41) is 2.22. The number of nitrogens with zero attached hydrogens (tertiary/aromatic N) is 1. The molecule has 3 nitrogen and oxygen atoms in total. The van der Waals surface area contributed by atoms with Crippen molar-refractivity contribution in [1.82, 2.24) is 4.98 Å². The van der Waals surface area contributed by atoms with Gasteiger partial charge in [-0.05, 0) is 31.5 Å². The Kier molecular flexibility index (Phi) is 4.57. The number of thioether (sulfide) groups is 1. The Balaban J connectivity index is 1.80. The molecular weight excluding hydrogens is 306 g/mol. The van der Waals surface area contributed by atoms with Crippen molar-refractivity contribution in [3.63, 3.8) is 0 Å². The van der Waals surface area contributed by atoms with Crippen LogP contribution in [-0.2, 0) is 10.5 Å². The fourth-order valence-electron chi connectivity index (χ4n) is 2.52. The van der Waals surface area contributed by atoms with Gasteiger partial charge in [0.25, 0.3) is 0 Å². The van der Waals surface area contributed by atoms with Crippen LogP contribution in [0.15, 0.2) is 24.3 Å². The molecule has 0 radical (unpaired) electrons. The maximum atomic E-state index is 6.32. The Hall–Kier alpha value is -0.970. The van der Waals surface area contributed by atoms with Crippen LogP contribution in [0.4, 0.5) is 0 Å². The standard InChI is InChI=1S/C16H18ClNO2S/c1-10-15(5-6-20-10)21-9-12-7-11-3-4-13(19-2)8-14(11)18-16(12)17/h3-4,7-8,10,15H,5-6,9H2,1-2H3. The number of halogens is 1. The van der Waals surface area contributed by atoms with Gasteiger partial charge in [-0.15, -0.1) is 0 Å². The summed E-state index contributed by atoms with van der Waals surface area (Å²) in [6.07, 6.45) is 1.44. The number of rotatable bonds is 4. The van der Waals surface area contributed by atoms with E-state index in [0.29, 0.717) is 16.5 Å². The minimum absolute atomic E-state index is 0.325. The van der Waals surface area contributed by atoms with Crippen LogP contribution in [0.3, 0.4) is 0 Å². The first-order valence-electron chi connectivity index (χ1n) is 7.04. The first-order valence-corrected chi connectivity index (χ1v) is 8.46. The van der Waals surface area contributed by atoms with E-state index in [1.807, 2.05) is 30.0 Å².